The van der Waals surface area contributed by atoms with Crippen LogP contribution in [0.5, 0.6) is 0 Å². The van der Waals surface area contributed by atoms with Gasteiger partial charge in [-0.3, -0.25) is 4.79 Å². The molecule has 0 saturated carbocycles. The van der Waals surface area contributed by atoms with Crippen molar-refractivity contribution in [2.75, 3.05) is 13.1 Å². The van der Waals surface area contributed by atoms with Gasteiger partial charge >= 0.3 is 12.0 Å². The molecule has 0 fully saturated rings. The molecule has 0 heterocycles. The molecule has 5 heteroatoms. The smallest absolute Gasteiger partial charge is 0.314 e. The highest BCUT2D eigenvalue weighted by molar-refractivity contribution is 5.74. The molecule has 2 atom stereocenters. The number of carbonyl (C=O) groups excluding carboxylic acids is 1. The Morgan fingerprint density at radius 2 is 1.68 bits per heavy atom. The van der Waals surface area contributed by atoms with E-state index in [1.54, 1.807) is 0 Å². The van der Waals surface area contributed by atoms with Crippen LogP contribution < -0.4 is 10.6 Å². The van der Waals surface area contributed by atoms with Gasteiger partial charge in [0.05, 0.1) is 0 Å². The Bertz CT molecular complexity index is 280. The molecule has 0 aromatic rings. The van der Waals surface area contributed by atoms with Crippen molar-refractivity contribution in [3.63, 3.8) is 0 Å². The number of carboxylic acids is 1. The van der Waals surface area contributed by atoms with Crippen molar-refractivity contribution in [2.45, 2.75) is 47.0 Å². The van der Waals surface area contributed by atoms with E-state index in [1.807, 2.05) is 0 Å². The first-order chi connectivity index (χ1) is 8.85. The van der Waals surface area contributed by atoms with Crippen LogP contribution in [-0.4, -0.2) is 30.2 Å². The zero-order chi connectivity index (χ0) is 14.8. The third kappa shape index (κ3) is 10.4. The summed E-state index contributed by atoms with van der Waals surface area (Å²) in [5.74, 6) is 0.0601. The summed E-state index contributed by atoms with van der Waals surface area (Å²) in [7, 11) is 0. The maximum absolute atomic E-state index is 11.6. The maximum atomic E-state index is 11.6. The van der Waals surface area contributed by atoms with Crippen molar-refractivity contribution in [3.8, 4) is 0 Å². The monoisotopic (exact) mass is 272 g/mol. The Kier molecular flexibility index (Phi) is 9.00. The van der Waals surface area contributed by atoms with Gasteiger partial charge in [0, 0.05) is 19.5 Å². The molecule has 112 valence electrons. The number of hydrogen-bond acceptors (Lipinski definition) is 2. The zero-order valence-corrected chi connectivity index (χ0v) is 12.5. The van der Waals surface area contributed by atoms with E-state index >= 15 is 0 Å². The minimum atomic E-state index is -0.813. The lowest BCUT2D eigenvalue weighted by atomic mass is 9.94. The van der Waals surface area contributed by atoms with Crippen LogP contribution in [0.2, 0.25) is 0 Å². The quantitative estimate of drug-likeness (QED) is 0.603. The molecule has 0 bridgehead atoms. The summed E-state index contributed by atoms with van der Waals surface area (Å²) < 4.78 is 0. The standard InChI is InChI=1S/C14H28N2O3/c1-5-11(4)8-15-14(19)16-9-12(6-10(2)3)7-13(17)18/h10-12H,5-9H2,1-4H3,(H,17,18)(H2,15,16,19). The summed E-state index contributed by atoms with van der Waals surface area (Å²) in [5.41, 5.74) is 0. The van der Waals surface area contributed by atoms with Gasteiger partial charge in [-0.05, 0) is 24.2 Å². The van der Waals surface area contributed by atoms with Crippen molar-refractivity contribution in [1.82, 2.24) is 10.6 Å². The molecule has 2 unspecified atom stereocenters. The number of urea groups is 1. The summed E-state index contributed by atoms with van der Waals surface area (Å²) in [5, 5.41) is 14.4. The number of carbonyl (C=O) groups is 2. The highest BCUT2D eigenvalue weighted by atomic mass is 16.4. The predicted octanol–water partition coefficient (Wildman–Crippen LogP) is 2.47. The first kappa shape index (κ1) is 17.7. The number of hydrogen-bond donors (Lipinski definition) is 3. The van der Waals surface area contributed by atoms with Gasteiger partial charge in [-0.1, -0.05) is 34.1 Å². The SMILES string of the molecule is CCC(C)CNC(=O)NCC(CC(=O)O)CC(C)C. The summed E-state index contributed by atoms with van der Waals surface area (Å²) in [6, 6.07) is -0.209. The average Bonchev–Trinajstić information content (AvgIpc) is 2.31. The molecule has 0 aliphatic carbocycles. The predicted molar refractivity (Wildman–Crippen MR) is 76.1 cm³/mol. The lowest BCUT2D eigenvalue weighted by molar-refractivity contribution is -0.138. The summed E-state index contributed by atoms with van der Waals surface area (Å²) >= 11 is 0. The summed E-state index contributed by atoms with van der Waals surface area (Å²) in [6.07, 6.45) is 1.93. The molecule has 0 saturated heterocycles. The number of rotatable bonds is 9. The maximum Gasteiger partial charge on any atom is 0.314 e. The zero-order valence-electron chi connectivity index (χ0n) is 12.5. The van der Waals surface area contributed by atoms with E-state index in [1.165, 1.54) is 0 Å². The van der Waals surface area contributed by atoms with E-state index in [2.05, 4.69) is 38.3 Å². The Labute approximate surface area is 116 Å². The van der Waals surface area contributed by atoms with Gasteiger partial charge in [0.1, 0.15) is 0 Å². The number of carboxylic acid groups (broad SMARTS) is 1. The second-order valence-electron chi connectivity index (χ2n) is 5.70. The normalized spacial score (nSPS) is 13.9. The van der Waals surface area contributed by atoms with Gasteiger partial charge in [-0.15, -0.1) is 0 Å². The van der Waals surface area contributed by atoms with Crippen molar-refractivity contribution >= 4 is 12.0 Å². The Hall–Kier alpha value is -1.26. The highest BCUT2D eigenvalue weighted by Crippen LogP contribution is 2.14. The van der Waals surface area contributed by atoms with Crippen LogP contribution in [-0.2, 0) is 4.79 Å². The molecule has 0 aromatic heterocycles. The van der Waals surface area contributed by atoms with Gasteiger partial charge in [0.2, 0.25) is 0 Å². The summed E-state index contributed by atoms with van der Waals surface area (Å²) in [6.45, 7) is 9.32. The lowest BCUT2D eigenvalue weighted by Gasteiger charge is -2.18. The highest BCUT2D eigenvalue weighted by Gasteiger charge is 2.16. The van der Waals surface area contributed by atoms with Crippen LogP contribution in [0.4, 0.5) is 4.79 Å². The first-order valence-electron chi connectivity index (χ1n) is 7.08. The molecular formula is C14H28N2O3. The van der Waals surface area contributed by atoms with Crippen molar-refractivity contribution in [3.05, 3.63) is 0 Å². The topological polar surface area (TPSA) is 78.4 Å². The average molecular weight is 272 g/mol. The lowest BCUT2D eigenvalue weighted by Crippen LogP contribution is -2.40. The van der Waals surface area contributed by atoms with Gasteiger partial charge in [0.15, 0.2) is 0 Å². The Balaban J connectivity index is 4.01. The fourth-order valence-corrected chi connectivity index (χ4v) is 1.86. The second kappa shape index (κ2) is 9.64. The number of aliphatic carboxylic acids is 1. The number of nitrogens with one attached hydrogen (secondary N) is 2. The number of amides is 2. The van der Waals surface area contributed by atoms with Gasteiger partial charge in [-0.2, -0.15) is 0 Å². The molecule has 0 aliphatic heterocycles. The molecule has 19 heavy (non-hydrogen) atoms. The Morgan fingerprint density at radius 3 is 2.16 bits per heavy atom. The molecule has 0 aromatic carbocycles. The fourth-order valence-electron chi connectivity index (χ4n) is 1.86. The molecular weight excluding hydrogens is 244 g/mol. The van der Waals surface area contributed by atoms with Gasteiger partial charge in [0.25, 0.3) is 0 Å². The third-order valence-corrected chi connectivity index (χ3v) is 3.13. The minimum Gasteiger partial charge on any atom is -0.481 e. The first-order valence-corrected chi connectivity index (χ1v) is 7.08. The van der Waals surface area contributed by atoms with Crippen molar-refractivity contribution < 1.29 is 14.7 Å². The van der Waals surface area contributed by atoms with E-state index in [0.29, 0.717) is 24.9 Å². The Morgan fingerprint density at radius 1 is 1.11 bits per heavy atom. The van der Waals surface area contributed by atoms with E-state index in [4.69, 9.17) is 5.11 Å². The molecule has 5 nitrogen and oxygen atoms in total. The molecule has 0 radical (unpaired) electrons. The second-order valence-corrected chi connectivity index (χ2v) is 5.70. The van der Waals surface area contributed by atoms with E-state index in [9.17, 15) is 9.59 Å². The van der Waals surface area contributed by atoms with Gasteiger partial charge in [-0.25, -0.2) is 4.79 Å². The van der Waals surface area contributed by atoms with Crippen LogP contribution in [0.3, 0.4) is 0 Å². The van der Waals surface area contributed by atoms with Crippen LogP contribution in [0.25, 0.3) is 0 Å². The van der Waals surface area contributed by atoms with E-state index < -0.39 is 5.97 Å². The van der Waals surface area contributed by atoms with Crippen LogP contribution in [0, 0.1) is 17.8 Å². The van der Waals surface area contributed by atoms with Crippen LogP contribution in [0.1, 0.15) is 47.0 Å². The molecule has 0 aliphatic rings. The minimum absolute atomic E-state index is 0.00755. The van der Waals surface area contributed by atoms with Crippen molar-refractivity contribution in [2.24, 2.45) is 17.8 Å². The third-order valence-electron chi connectivity index (χ3n) is 3.13. The summed E-state index contributed by atoms with van der Waals surface area (Å²) in [4.78, 5) is 22.3. The van der Waals surface area contributed by atoms with Gasteiger partial charge < -0.3 is 15.7 Å². The molecule has 0 rings (SSSR count). The van der Waals surface area contributed by atoms with Crippen LogP contribution >= 0.6 is 0 Å². The fraction of sp³-hybridized carbons (Fsp3) is 0.857. The van der Waals surface area contributed by atoms with E-state index in [0.717, 1.165) is 12.8 Å². The molecule has 3 N–H and O–H groups in total. The van der Waals surface area contributed by atoms with E-state index in [-0.39, 0.29) is 18.4 Å². The largest absolute Gasteiger partial charge is 0.481 e. The molecule has 0 spiro atoms. The van der Waals surface area contributed by atoms with Crippen molar-refractivity contribution in [1.29, 1.82) is 0 Å². The van der Waals surface area contributed by atoms with Crippen LogP contribution in [0.15, 0.2) is 0 Å². The molecule has 2 amide bonds.